The van der Waals surface area contributed by atoms with Crippen molar-refractivity contribution in [2.24, 2.45) is 0 Å². The summed E-state index contributed by atoms with van der Waals surface area (Å²) >= 11 is 0. The van der Waals surface area contributed by atoms with Crippen molar-refractivity contribution in [1.82, 2.24) is 29.9 Å². The van der Waals surface area contributed by atoms with Gasteiger partial charge < -0.3 is 5.32 Å². The zero-order chi connectivity index (χ0) is 15.7. The minimum absolute atomic E-state index is 0.149. The summed E-state index contributed by atoms with van der Waals surface area (Å²) in [7, 11) is 0. The minimum atomic E-state index is -0.789. The second kappa shape index (κ2) is 5.68. The molecule has 1 aromatic heterocycles. The zero-order valence-corrected chi connectivity index (χ0v) is 13.0. The Labute approximate surface area is 129 Å². The van der Waals surface area contributed by atoms with Gasteiger partial charge in [0.1, 0.15) is 18.2 Å². The van der Waals surface area contributed by atoms with E-state index in [0.717, 1.165) is 25.9 Å². The van der Waals surface area contributed by atoms with Gasteiger partial charge in [0.25, 0.3) is 5.91 Å². The number of carbonyl (C=O) groups is 2. The van der Waals surface area contributed by atoms with Gasteiger partial charge >= 0.3 is 6.03 Å². The number of urea groups is 1. The molecule has 3 amide bonds. The molecule has 8 heteroatoms. The molecule has 1 atom stereocenters. The van der Waals surface area contributed by atoms with E-state index in [2.05, 4.69) is 20.3 Å². The monoisotopic (exact) mass is 306 g/mol. The summed E-state index contributed by atoms with van der Waals surface area (Å²) in [6, 6.07) is 0.0949. The summed E-state index contributed by atoms with van der Waals surface area (Å²) in [5, 5.41) is 6.86. The van der Waals surface area contributed by atoms with E-state index in [1.54, 1.807) is 20.2 Å². The van der Waals surface area contributed by atoms with Crippen LogP contribution in [0.2, 0.25) is 0 Å². The Morgan fingerprint density at radius 3 is 2.82 bits per heavy atom. The van der Waals surface area contributed by atoms with Crippen LogP contribution in [-0.2, 0) is 11.3 Å². The SMILES string of the molecule is CC1(C)NC(=O)N(CCN2CCCC2Cn2cncn2)C1=O. The molecule has 2 aliphatic rings. The molecule has 0 bridgehead atoms. The third kappa shape index (κ3) is 2.83. The molecule has 3 heterocycles. The Morgan fingerprint density at radius 2 is 2.18 bits per heavy atom. The van der Waals surface area contributed by atoms with Crippen LogP contribution in [0.5, 0.6) is 0 Å². The lowest BCUT2D eigenvalue weighted by Gasteiger charge is -2.26. The number of likely N-dealkylation sites (tertiary alicyclic amines) is 1. The highest BCUT2D eigenvalue weighted by Gasteiger charge is 2.44. The van der Waals surface area contributed by atoms with Crippen LogP contribution in [0.1, 0.15) is 26.7 Å². The standard InChI is InChI=1S/C14H22N6O2/c1-14(2)12(21)20(13(22)17-14)7-6-18-5-3-4-11(18)8-19-10-15-9-16-19/h9-11H,3-8H2,1-2H3,(H,17,22). The maximum atomic E-state index is 12.2. The van der Waals surface area contributed by atoms with Crippen molar-refractivity contribution in [3.63, 3.8) is 0 Å². The number of hydrogen-bond donors (Lipinski definition) is 1. The molecule has 1 N–H and O–H groups in total. The lowest BCUT2D eigenvalue weighted by atomic mass is 10.1. The fourth-order valence-corrected chi connectivity index (χ4v) is 3.19. The van der Waals surface area contributed by atoms with Crippen molar-refractivity contribution in [3.05, 3.63) is 12.7 Å². The lowest BCUT2D eigenvalue weighted by Crippen LogP contribution is -2.43. The second-order valence-corrected chi connectivity index (χ2v) is 6.46. The predicted molar refractivity (Wildman–Crippen MR) is 78.9 cm³/mol. The van der Waals surface area contributed by atoms with Crippen molar-refractivity contribution in [3.8, 4) is 0 Å². The molecule has 2 aliphatic heterocycles. The molecule has 0 radical (unpaired) electrons. The number of imide groups is 1. The Morgan fingerprint density at radius 1 is 1.36 bits per heavy atom. The molecule has 3 rings (SSSR count). The van der Waals surface area contributed by atoms with Crippen LogP contribution in [-0.4, -0.2) is 67.7 Å². The Kier molecular flexibility index (Phi) is 3.86. The van der Waals surface area contributed by atoms with Gasteiger partial charge in [-0.3, -0.25) is 19.3 Å². The quantitative estimate of drug-likeness (QED) is 0.779. The highest BCUT2D eigenvalue weighted by molar-refractivity contribution is 6.06. The summed E-state index contributed by atoms with van der Waals surface area (Å²) < 4.78 is 1.83. The van der Waals surface area contributed by atoms with Crippen LogP contribution in [0, 0.1) is 0 Å². The molecule has 1 unspecified atom stereocenters. The summed E-state index contributed by atoms with van der Waals surface area (Å²) in [6.45, 7) is 6.39. The average molecular weight is 306 g/mol. The van der Waals surface area contributed by atoms with Crippen molar-refractivity contribution in [2.75, 3.05) is 19.6 Å². The minimum Gasteiger partial charge on any atom is -0.324 e. The Hall–Kier alpha value is -1.96. The van der Waals surface area contributed by atoms with Crippen LogP contribution in [0.15, 0.2) is 12.7 Å². The first-order valence-electron chi connectivity index (χ1n) is 7.68. The molecule has 120 valence electrons. The Balaban J connectivity index is 1.56. The van der Waals surface area contributed by atoms with Crippen molar-refractivity contribution in [1.29, 1.82) is 0 Å². The molecule has 0 aliphatic carbocycles. The first kappa shape index (κ1) is 15.0. The van der Waals surface area contributed by atoms with Crippen molar-refractivity contribution in [2.45, 2.75) is 44.8 Å². The summed E-state index contributed by atoms with van der Waals surface area (Å²) in [6.07, 6.45) is 5.49. The van der Waals surface area contributed by atoms with Gasteiger partial charge in [0.05, 0.1) is 6.54 Å². The van der Waals surface area contributed by atoms with Gasteiger partial charge in [-0.05, 0) is 33.2 Å². The molecule has 0 spiro atoms. The van der Waals surface area contributed by atoms with E-state index in [9.17, 15) is 9.59 Å². The molecular formula is C14H22N6O2. The summed E-state index contributed by atoms with van der Waals surface area (Å²) in [4.78, 5) is 31.7. The highest BCUT2D eigenvalue weighted by atomic mass is 16.2. The van der Waals surface area contributed by atoms with Gasteiger partial charge in [0.15, 0.2) is 0 Å². The number of aromatic nitrogens is 3. The van der Waals surface area contributed by atoms with E-state index >= 15 is 0 Å². The predicted octanol–water partition coefficient (Wildman–Crippen LogP) is 0.0729. The number of rotatable bonds is 5. The van der Waals surface area contributed by atoms with Crippen LogP contribution in [0.25, 0.3) is 0 Å². The fraction of sp³-hybridized carbons (Fsp3) is 0.714. The second-order valence-electron chi connectivity index (χ2n) is 6.46. The largest absolute Gasteiger partial charge is 0.325 e. The van der Waals surface area contributed by atoms with Crippen LogP contribution in [0.3, 0.4) is 0 Å². The van der Waals surface area contributed by atoms with E-state index in [-0.39, 0.29) is 11.9 Å². The molecule has 22 heavy (non-hydrogen) atoms. The van der Waals surface area contributed by atoms with E-state index in [4.69, 9.17) is 0 Å². The number of carbonyl (C=O) groups excluding carboxylic acids is 2. The maximum absolute atomic E-state index is 12.2. The van der Waals surface area contributed by atoms with Crippen LogP contribution >= 0.6 is 0 Å². The number of nitrogens with one attached hydrogen (secondary N) is 1. The fourth-order valence-electron chi connectivity index (χ4n) is 3.19. The lowest BCUT2D eigenvalue weighted by molar-refractivity contribution is -0.130. The summed E-state index contributed by atoms with van der Waals surface area (Å²) in [5.74, 6) is -0.149. The Bertz CT molecular complexity index is 556. The van der Waals surface area contributed by atoms with Crippen molar-refractivity contribution >= 4 is 11.9 Å². The van der Waals surface area contributed by atoms with Crippen LogP contribution in [0.4, 0.5) is 4.79 Å². The molecular weight excluding hydrogens is 284 g/mol. The third-order valence-corrected chi connectivity index (χ3v) is 4.42. The van der Waals surface area contributed by atoms with Gasteiger partial charge in [0, 0.05) is 19.1 Å². The van der Waals surface area contributed by atoms with E-state index in [1.165, 1.54) is 11.2 Å². The topological polar surface area (TPSA) is 83.4 Å². The van der Waals surface area contributed by atoms with Gasteiger partial charge in [-0.15, -0.1) is 0 Å². The average Bonchev–Trinajstić information content (AvgIpc) is 3.14. The summed E-state index contributed by atoms with van der Waals surface area (Å²) in [5.41, 5.74) is -0.789. The van der Waals surface area contributed by atoms with Gasteiger partial charge in [-0.2, -0.15) is 5.10 Å². The third-order valence-electron chi connectivity index (χ3n) is 4.42. The van der Waals surface area contributed by atoms with Crippen LogP contribution < -0.4 is 5.32 Å². The molecule has 0 saturated carbocycles. The molecule has 2 saturated heterocycles. The molecule has 2 fully saturated rings. The maximum Gasteiger partial charge on any atom is 0.325 e. The highest BCUT2D eigenvalue weighted by Crippen LogP contribution is 2.20. The van der Waals surface area contributed by atoms with E-state index in [1.807, 2.05) is 4.68 Å². The molecule has 0 aromatic carbocycles. The van der Waals surface area contributed by atoms with Gasteiger partial charge in [0.2, 0.25) is 0 Å². The molecule has 8 nitrogen and oxygen atoms in total. The van der Waals surface area contributed by atoms with Gasteiger partial charge in [-0.25, -0.2) is 9.78 Å². The normalized spacial score (nSPS) is 25.0. The van der Waals surface area contributed by atoms with Crippen molar-refractivity contribution < 1.29 is 9.59 Å². The zero-order valence-electron chi connectivity index (χ0n) is 13.0. The van der Waals surface area contributed by atoms with Gasteiger partial charge in [-0.1, -0.05) is 0 Å². The first-order chi connectivity index (χ1) is 10.5. The number of amides is 3. The van der Waals surface area contributed by atoms with E-state index < -0.39 is 5.54 Å². The first-order valence-corrected chi connectivity index (χ1v) is 7.68. The smallest absolute Gasteiger partial charge is 0.324 e. The number of hydrogen-bond acceptors (Lipinski definition) is 5. The van der Waals surface area contributed by atoms with E-state index in [0.29, 0.717) is 19.1 Å². The molecule has 1 aromatic rings. The number of nitrogens with zero attached hydrogens (tertiary/aromatic N) is 5.